The number of aromatic nitrogens is 2. The topological polar surface area (TPSA) is 75.2 Å². The molecule has 1 N–H and O–H groups in total. The molecule has 2 aliphatic rings. The molecular formula is C26H21ClN4O2S. The predicted molar refractivity (Wildman–Crippen MR) is 133 cm³/mol. The number of nitrogens with one attached hydrogen (secondary N) is 1. The van der Waals surface area contributed by atoms with E-state index in [1.165, 1.54) is 11.3 Å². The van der Waals surface area contributed by atoms with Crippen molar-refractivity contribution in [3.8, 4) is 10.4 Å². The van der Waals surface area contributed by atoms with Gasteiger partial charge in [-0.15, -0.1) is 11.3 Å². The van der Waals surface area contributed by atoms with Crippen LogP contribution in [0.4, 0.5) is 0 Å². The van der Waals surface area contributed by atoms with E-state index < -0.39 is 0 Å². The number of fused-ring (bicyclic) bond motifs is 2. The van der Waals surface area contributed by atoms with Gasteiger partial charge in [0, 0.05) is 29.2 Å². The Morgan fingerprint density at radius 3 is 2.82 bits per heavy atom. The summed E-state index contributed by atoms with van der Waals surface area (Å²) in [4.78, 5) is 38.2. The number of amides is 2. The number of para-hydroxylation sites is 1. The van der Waals surface area contributed by atoms with Crippen molar-refractivity contribution >= 4 is 45.7 Å². The first-order valence-electron chi connectivity index (χ1n) is 11.2. The van der Waals surface area contributed by atoms with Gasteiger partial charge in [0.15, 0.2) is 0 Å². The second-order valence-corrected chi connectivity index (χ2v) is 10.1. The van der Waals surface area contributed by atoms with Gasteiger partial charge in [-0.2, -0.15) is 0 Å². The van der Waals surface area contributed by atoms with Crippen LogP contribution in [0.1, 0.15) is 33.7 Å². The summed E-state index contributed by atoms with van der Waals surface area (Å²) in [6.45, 7) is 0.400. The highest BCUT2D eigenvalue weighted by Gasteiger charge is 2.54. The maximum atomic E-state index is 13.6. The molecule has 1 saturated heterocycles. The SMILES string of the molecule is O=C(NC[C@@H]1C[C@@H]2C[C@@H]2N1C(=O)c1ncsc1-c1cccc(Cl)c1)c1cccc2cccnc12. The molecule has 0 spiro atoms. The number of benzene rings is 2. The zero-order valence-corrected chi connectivity index (χ0v) is 19.7. The van der Waals surface area contributed by atoms with Crippen LogP contribution in [0.5, 0.6) is 0 Å². The second kappa shape index (κ2) is 8.49. The number of thiazole rings is 1. The minimum atomic E-state index is -0.175. The lowest BCUT2D eigenvalue weighted by molar-refractivity contribution is 0.0684. The summed E-state index contributed by atoms with van der Waals surface area (Å²) in [5.41, 5.74) is 4.27. The Hall–Kier alpha value is -3.29. The third-order valence-corrected chi connectivity index (χ3v) is 7.79. The fraction of sp³-hybridized carbons (Fsp3) is 0.231. The lowest BCUT2D eigenvalue weighted by Crippen LogP contribution is -2.45. The number of carbonyl (C=O) groups is 2. The van der Waals surface area contributed by atoms with Crippen LogP contribution in [0.2, 0.25) is 5.02 Å². The molecule has 1 aliphatic heterocycles. The van der Waals surface area contributed by atoms with Crippen molar-refractivity contribution in [2.24, 2.45) is 5.92 Å². The van der Waals surface area contributed by atoms with Crippen molar-refractivity contribution in [3.63, 3.8) is 0 Å². The Labute approximate surface area is 205 Å². The van der Waals surface area contributed by atoms with E-state index in [4.69, 9.17) is 11.6 Å². The molecule has 0 bridgehead atoms. The smallest absolute Gasteiger partial charge is 0.274 e. The first-order valence-corrected chi connectivity index (χ1v) is 12.5. The van der Waals surface area contributed by atoms with Gasteiger partial charge in [-0.25, -0.2) is 4.98 Å². The van der Waals surface area contributed by atoms with Crippen molar-refractivity contribution in [3.05, 3.63) is 82.6 Å². The third kappa shape index (κ3) is 3.75. The number of piperidine rings is 1. The monoisotopic (exact) mass is 488 g/mol. The van der Waals surface area contributed by atoms with Gasteiger partial charge < -0.3 is 10.2 Å². The number of pyridine rings is 1. The summed E-state index contributed by atoms with van der Waals surface area (Å²) in [6.07, 6.45) is 3.59. The molecule has 2 fully saturated rings. The largest absolute Gasteiger partial charge is 0.350 e. The summed E-state index contributed by atoms with van der Waals surface area (Å²) in [5.74, 6) is 0.246. The molecule has 3 heterocycles. The van der Waals surface area contributed by atoms with E-state index in [1.807, 2.05) is 53.4 Å². The first kappa shape index (κ1) is 21.3. The van der Waals surface area contributed by atoms with Crippen molar-refractivity contribution in [1.82, 2.24) is 20.2 Å². The molecule has 0 unspecified atom stereocenters. The van der Waals surface area contributed by atoms with Gasteiger partial charge in [-0.1, -0.05) is 41.9 Å². The van der Waals surface area contributed by atoms with E-state index >= 15 is 0 Å². The van der Waals surface area contributed by atoms with E-state index in [0.717, 1.165) is 28.7 Å². The Balaban J connectivity index is 1.22. The number of carbonyl (C=O) groups excluding carboxylic acids is 2. The fourth-order valence-electron chi connectivity index (χ4n) is 5.01. The Kier molecular flexibility index (Phi) is 5.31. The standard InChI is InChI=1S/C26H21ClN4O2S/c27-18-7-1-5-16(10-18)24-23(30-14-34-24)26(33)31-19(11-17-12-21(17)31)13-29-25(32)20-8-2-4-15-6-3-9-28-22(15)20/h1-10,14,17,19,21H,11-13H2,(H,29,32)/t17-,19+,21+/m1/s1. The summed E-state index contributed by atoms with van der Waals surface area (Å²) in [7, 11) is 0. The maximum Gasteiger partial charge on any atom is 0.274 e. The Morgan fingerprint density at radius 2 is 1.94 bits per heavy atom. The van der Waals surface area contributed by atoms with Crippen LogP contribution in [0.3, 0.4) is 0 Å². The van der Waals surface area contributed by atoms with Gasteiger partial charge in [0.25, 0.3) is 11.8 Å². The molecular weight excluding hydrogens is 468 g/mol. The van der Waals surface area contributed by atoms with Crippen molar-refractivity contribution in [2.45, 2.75) is 24.9 Å². The van der Waals surface area contributed by atoms with Gasteiger partial charge in [-0.05, 0) is 48.6 Å². The number of rotatable bonds is 5. The second-order valence-electron chi connectivity index (χ2n) is 8.80. The average Bonchev–Trinajstić information content (AvgIpc) is 3.28. The van der Waals surface area contributed by atoms with E-state index in [0.29, 0.717) is 34.3 Å². The van der Waals surface area contributed by atoms with E-state index in [1.54, 1.807) is 17.8 Å². The van der Waals surface area contributed by atoms with Crippen molar-refractivity contribution in [1.29, 1.82) is 0 Å². The highest BCUT2D eigenvalue weighted by Crippen LogP contribution is 2.48. The molecule has 3 atom stereocenters. The molecule has 0 radical (unpaired) electrons. The summed E-state index contributed by atoms with van der Waals surface area (Å²) in [5, 5.41) is 4.59. The van der Waals surface area contributed by atoms with Crippen LogP contribution in [-0.4, -0.2) is 45.3 Å². The molecule has 2 amide bonds. The molecule has 34 heavy (non-hydrogen) atoms. The van der Waals surface area contributed by atoms with E-state index in [-0.39, 0.29) is 23.9 Å². The zero-order chi connectivity index (χ0) is 23.2. The van der Waals surface area contributed by atoms with Crippen molar-refractivity contribution in [2.75, 3.05) is 6.54 Å². The fourth-order valence-corrected chi connectivity index (χ4v) is 5.97. The summed E-state index contributed by atoms with van der Waals surface area (Å²) in [6, 6.07) is 17.0. The van der Waals surface area contributed by atoms with Gasteiger partial charge in [-0.3, -0.25) is 14.6 Å². The molecule has 4 aromatic rings. The number of likely N-dealkylation sites (tertiary alicyclic amines) is 1. The zero-order valence-electron chi connectivity index (χ0n) is 18.1. The van der Waals surface area contributed by atoms with Crippen LogP contribution in [-0.2, 0) is 0 Å². The van der Waals surface area contributed by atoms with Crippen LogP contribution in [0.15, 0.2) is 66.3 Å². The van der Waals surface area contributed by atoms with Gasteiger partial charge in [0.1, 0.15) is 5.69 Å². The molecule has 6 rings (SSSR count). The number of nitrogens with zero attached hydrogens (tertiary/aromatic N) is 3. The minimum Gasteiger partial charge on any atom is -0.350 e. The quantitative estimate of drug-likeness (QED) is 0.427. The lowest BCUT2D eigenvalue weighted by atomic mass is 10.1. The normalized spacial score (nSPS) is 20.9. The van der Waals surface area contributed by atoms with E-state index in [2.05, 4.69) is 15.3 Å². The Bertz CT molecular complexity index is 1420. The van der Waals surface area contributed by atoms with Crippen LogP contribution in [0, 0.1) is 5.92 Å². The molecule has 2 aromatic heterocycles. The molecule has 2 aromatic carbocycles. The Morgan fingerprint density at radius 1 is 1.09 bits per heavy atom. The first-order chi connectivity index (χ1) is 16.6. The number of hydrogen-bond acceptors (Lipinski definition) is 5. The molecule has 6 nitrogen and oxygen atoms in total. The van der Waals surface area contributed by atoms with Crippen molar-refractivity contribution < 1.29 is 9.59 Å². The highest BCUT2D eigenvalue weighted by atomic mass is 35.5. The number of halogens is 1. The lowest BCUT2D eigenvalue weighted by Gasteiger charge is -2.27. The molecule has 170 valence electrons. The molecule has 8 heteroatoms. The summed E-state index contributed by atoms with van der Waals surface area (Å²) >= 11 is 7.61. The highest BCUT2D eigenvalue weighted by molar-refractivity contribution is 7.13. The van der Waals surface area contributed by atoms with Gasteiger partial charge >= 0.3 is 0 Å². The summed E-state index contributed by atoms with van der Waals surface area (Å²) < 4.78 is 0. The third-order valence-electron chi connectivity index (χ3n) is 6.68. The molecule has 1 aliphatic carbocycles. The molecule has 1 saturated carbocycles. The van der Waals surface area contributed by atoms with Gasteiger partial charge in [0.2, 0.25) is 0 Å². The van der Waals surface area contributed by atoms with Gasteiger partial charge in [0.05, 0.1) is 27.5 Å². The maximum absolute atomic E-state index is 13.6. The minimum absolute atomic E-state index is 0.0583. The van der Waals surface area contributed by atoms with Crippen LogP contribution in [0.25, 0.3) is 21.3 Å². The predicted octanol–water partition coefficient (Wildman–Crippen LogP) is 5.04. The number of hydrogen-bond donors (Lipinski definition) is 1. The van der Waals surface area contributed by atoms with Crippen LogP contribution < -0.4 is 5.32 Å². The van der Waals surface area contributed by atoms with E-state index in [9.17, 15) is 9.59 Å². The van der Waals surface area contributed by atoms with Crippen LogP contribution >= 0.6 is 22.9 Å². The average molecular weight is 489 g/mol.